The van der Waals surface area contributed by atoms with Gasteiger partial charge in [0, 0.05) is 12.2 Å². The zero-order chi connectivity index (χ0) is 12.3. The van der Waals surface area contributed by atoms with E-state index in [9.17, 15) is 4.79 Å². The van der Waals surface area contributed by atoms with Gasteiger partial charge in [0.15, 0.2) is 0 Å². The van der Waals surface area contributed by atoms with Crippen molar-refractivity contribution in [2.45, 2.75) is 31.7 Å². The van der Waals surface area contributed by atoms with E-state index in [-0.39, 0.29) is 12.0 Å². The van der Waals surface area contributed by atoms with Crippen LogP contribution in [0.2, 0.25) is 5.02 Å². The Hall–Kier alpha value is -1.29. The van der Waals surface area contributed by atoms with E-state index in [1.165, 1.54) is 0 Å². The number of carboxylic acids is 1. The van der Waals surface area contributed by atoms with Crippen LogP contribution in [-0.4, -0.2) is 22.1 Å². The quantitative estimate of drug-likeness (QED) is 0.871. The molecular formula is C12H15ClN2O2. The van der Waals surface area contributed by atoms with Gasteiger partial charge in [-0.2, -0.15) is 0 Å². The summed E-state index contributed by atoms with van der Waals surface area (Å²) in [5, 5.41) is 12.9. The van der Waals surface area contributed by atoms with Gasteiger partial charge in [-0.05, 0) is 25.3 Å². The molecule has 1 aromatic rings. The van der Waals surface area contributed by atoms with Gasteiger partial charge in [-0.25, -0.2) is 0 Å². The largest absolute Gasteiger partial charge is 0.481 e. The highest BCUT2D eigenvalue weighted by atomic mass is 35.5. The molecule has 1 heterocycles. The van der Waals surface area contributed by atoms with Crippen LogP contribution in [-0.2, 0) is 4.79 Å². The van der Waals surface area contributed by atoms with Crippen LogP contribution in [0.25, 0.3) is 0 Å². The molecule has 0 aromatic carbocycles. The number of hydrogen-bond donors (Lipinski definition) is 2. The monoisotopic (exact) mass is 254 g/mol. The molecule has 2 N–H and O–H groups in total. The van der Waals surface area contributed by atoms with Crippen molar-refractivity contribution >= 4 is 23.3 Å². The Morgan fingerprint density at radius 3 is 3.06 bits per heavy atom. The van der Waals surface area contributed by atoms with Crippen LogP contribution in [0.4, 0.5) is 5.69 Å². The molecule has 0 spiro atoms. The molecule has 1 aliphatic carbocycles. The number of nitrogens with zero attached hydrogens (tertiary/aromatic N) is 1. The normalized spacial score (nSPS) is 24.3. The Morgan fingerprint density at radius 2 is 2.35 bits per heavy atom. The summed E-state index contributed by atoms with van der Waals surface area (Å²) in [5.41, 5.74) is 0.783. The second kappa shape index (κ2) is 5.36. The molecule has 1 fully saturated rings. The molecule has 0 amide bonds. The third kappa shape index (κ3) is 3.09. The van der Waals surface area contributed by atoms with Gasteiger partial charge in [0.05, 0.1) is 22.8 Å². The van der Waals surface area contributed by atoms with E-state index >= 15 is 0 Å². The number of pyridine rings is 1. The van der Waals surface area contributed by atoms with Crippen LogP contribution in [0.15, 0.2) is 18.5 Å². The van der Waals surface area contributed by atoms with Crippen molar-refractivity contribution in [2.75, 3.05) is 5.32 Å². The lowest BCUT2D eigenvalue weighted by Gasteiger charge is -2.28. The average molecular weight is 255 g/mol. The number of carboxylic acid groups (broad SMARTS) is 1. The van der Waals surface area contributed by atoms with Gasteiger partial charge in [-0.1, -0.05) is 18.0 Å². The molecule has 4 nitrogen and oxygen atoms in total. The number of halogens is 1. The first kappa shape index (κ1) is 12.2. The predicted octanol–water partition coefficient (Wildman–Crippen LogP) is 2.79. The second-order valence-corrected chi connectivity index (χ2v) is 4.81. The number of anilines is 1. The zero-order valence-corrected chi connectivity index (χ0v) is 10.2. The first-order valence-electron chi connectivity index (χ1n) is 5.75. The number of nitrogens with one attached hydrogen (secondary N) is 1. The van der Waals surface area contributed by atoms with Crippen molar-refractivity contribution in [3.05, 3.63) is 23.5 Å². The maximum Gasteiger partial charge on any atom is 0.306 e. The molecule has 2 rings (SSSR count). The Balaban J connectivity index is 1.99. The van der Waals surface area contributed by atoms with Crippen LogP contribution in [0.1, 0.15) is 25.7 Å². The minimum Gasteiger partial charge on any atom is -0.481 e. The maximum absolute atomic E-state index is 11.0. The Bertz CT molecular complexity index is 411. The smallest absolute Gasteiger partial charge is 0.306 e. The average Bonchev–Trinajstić information content (AvgIpc) is 2.32. The van der Waals surface area contributed by atoms with Crippen molar-refractivity contribution in [1.82, 2.24) is 4.98 Å². The van der Waals surface area contributed by atoms with E-state index in [1.807, 2.05) is 0 Å². The third-order valence-corrected chi connectivity index (χ3v) is 3.48. The van der Waals surface area contributed by atoms with Gasteiger partial charge in [0.1, 0.15) is 0 Å². The summed E-state index contributed by atoms with van der Waals surface area (Å²) in [6.07, 6.45) is 6.65. The van der Waals surface area contributed by atoms with E-state index in [4.69, 9.17) is 16.7 Å². The van der Waals surface area contributed by atoms with Gasteiger partial charge >= 0.3 is 5.97 Å². The van der Waals surface area contributed by atoms with E-state index in [0.29, 0.717) is 11.4 Å². The molecule has 2 unspecified atom stereocenters. The number of hydrogen-bond acceptors (Lipinski definition) is 3. The molecule has 17 heavy (non-hydrogen) atoms. The van der Waals surface area contributed by atoms with E-state index in [1.54, 1.807) is 18.5 Å². The molecule has 0 aliphatic heterocycles. The van der Waals surface area contributed by atoms with Gasteiger partial charge in [0.2, 0.25) is 0 Å². The maximum atomic E-state index is 11.0. The highest BCUT2D eigenvalue weighted by Crippen LogP contribution is 2.28. The minimum atomic E-state index is -0.700. The van der Waals surface area contributed by atoms with Gasteiger partial charge in [0.25, 0.3) is 0 Å². The fourth-order valence-electron chi connectivity index (χ4n) is 2.25. The third-order valence-electron chi connectivity index (χ3n) is 3.15. The van der Waals surface area contributed by atoms with E-state index < -0.39 is 5.97 Å². The summed E-state index contributed by atoms with van der Waals surface area (Å²) in [6, 6.07) is 1.90. The Kier molecular flexibility index (Phi) is 3.84. The first-order valence-corrected chi connectivity index (χ1v) is 6.13. The van der Waals surface area contributed by atoms with Crippen LogP contribution in [0.5, 0.6) is 0 Å². The number of aromatic nitrogens is 1. The SMILES string of the molecule is O=C(O)C1CCCC(Nc2cnccc2Cl)C1. The van der Waals surface area contributed by atoms with Gasteiger partial charge in [-0.3, -0.25) is 9.78 Å². The van der Waals surface area contributed by atoms with Gasteiger partial charge in [-0.15, -0.1) is 0 Å². The van der Waals surface area contributed by atoms with Crippen LogP contribution < -0.4 is 5.32 Å². The number of aliphatic carboxylic acids is 1. The van der Waals surface area contributed by atoms with Gasteiger partial charge < -0.3 is 10.4 Å². The Morgan fingerprint density at radius 1 is 1.53 bits per heavy atom. The summed E-state index contributed by atoms with van der Waals surface area (Å²) in [7, 11) is 0. The summed E-state index contributed by atoms with van der Waals surface area (Å²) in [4.78, 5) is 15.0. The topological polar surface area (TPSA) is 62.2 Å². The van der Waals surface area contributed by atoms with E-state index in [0.717, 1.165) is 24.9 Å². The fourth-order valence-corrected chi connectivity index (χ4v) is 2.41. The molecule has 0 bridgehead atoms. The first-order chi connectivity index (χ1) is 8.16. The molecule has 1 aromatic heterocycles. The Labute approximate surface area is 105 Å². The number of rotatable bonds is 3. The van der Waals surface area contributed by atoms with Crippen LogP contribution in [0.3, 0.4) is 0 Å². The molecule has 92 valence electrons. The lowest BCUT2D eigenvalue weighted by atomic mass is 9.86. The standard InChI is InChI=1S/C12H15ClN2O2/c13-10-4-5-14-7-11(10)15-9-3-1-2-8(6-9)12(16)17/h4-5,7-9,15H,1-3,6H2,(H,16,17). The van der Waals surface area contributed by atoms with E-state index in [2.05, 4.69) is 10.3 Å². The summed E-state index contributed by atoms with van der Waals surface area (Å²) >= 11 is 6.02. The summed E-state index contributed by atoms with van der Waals surface area (Å²) < 4.78 is 0. The molecule has 1 saturated carbocycles. The molecular weight excluding hydrogens is 240 g/mol. The van der Waals surface area contributed by atoms with Crippen molar-refractivity contribution < 1.29 is 9.90 Å². The second-order valence-electron chi connectivity index (χ2n) is 4.40. The molecule has 0 saturated heterocycles. The zero-order valence-electron chi connectivity index (χ0n) is 9.40. The highest BCUT2D eigenvalue weighted by molar-refractivity contribution is 6.33. The van der Waals surface area contributed by atoms with Crippen molar-refractivity contribution in [1.29, 1.82) is 0 Å². The summed E-state index contributed by atoms with van der Waals surface area (Å²) in [5.74, 6) is -0.939. The lowest BCUT2D eigenvalue weighted by molar-refractivity contribution is -0.142. The van der Waals surface area contributed by atoms with Crippen LogP contribution >= 0.6 is 11.6 Å². The minimum absolute atomic E-state index is 0.173. The predicted molar refractivity (Wildman–Crippen MR) is 66.3 cm³/mol. The van der Waals surface area contributed by atoms with Crippen LogP contribution in [0, 0.1) is 5.92 Å². The van der Waals surface area contributed by atoms with Crippen molar-refractivity contribution in [2.24, 2.45) is 5.92 Å². The number of carbonyl (C=O) groups is 1. The molecule has 2 atom stereocenters. The fraction of sp³-hybridized carbons (Fsp3) is 0.500. The highest BCUT2D eigenvalue weighted by Gasteiger charge is 2.27. The molecule has 0 radical (unpaired) electrons. The molecule has 5 heteroatoms. The molecule has 1 aliphatic rings. The van der Waals surface area contributed by atoms with Crippen molar-refractivity contribution in [3.63, 3.8) is 0 Å². The summed E-state index contributed by atoms with van der Waals surface area (Å²) in [6.45, 7) is 0. The lowest BCUT2D eigenvalue weighted by Crippen LogP contribution is -2.31. The van der Waals surface area contributed by atoms with Crippen molar-refractivity contribution in [3.8, 4) is 0 Å².